The highest BCUT2D eigenvalue weighted by molar-refractivity contribution is 6.48. The smallest absolute Gasteiger partial charge is 0.293 e. The summed E-state index contributed by atoms with van der Waals surface area (Å²) in [6.45, 7) is 0. The summed E-state index contributed by atoms with van der Waals surface area (Å²) in [4.78, 5) is 48.1. The van der Waals surface area contributed by atoms with Gasteiger partial charge in [0.15, 0.2) is 5.78 Å². The Hall–Kier alpha value is -3.45. The molecule has 1 fully saturated rings. The maximum absolute atomic E-state index is 13.3. The highest BCUT2D eigenvalue weighted by Crippen LogP contribution is 2.40. The van der Waals surface area contributed by atoms with Crippen molar-refractivity contribution in [3.8, 4) is 0 Å². The fourth-order valence-electron chi connectivity index (χ4n) is 3.39. The number of benzene rings is 2. The largest absolute Gasteiger partial charge is 0.298 e. The van der Waals surface area contributed by atoms with Gasteiger partial charge in [-0.3, -0.25) is 19.3 Å². The fraction of sp³-hybridized carbons (Fsp3) is 0.0952. The van der Waals surface area contributed by atoms with Crippen LogP contribution < -0.4 is 4.90 Å². The van der Waals surface area contributed by atoms with Gasteiger partial charge >= 0.3 is 0 Å². The third-order valence-corrected chi connectivity index (χ3v) is 4.91. The first kappa shape index (κ1) is 18.9. The Balaban J connectivity index is 1.86. The van der Waals surface area contributed by atoms with Gasteiger partial charge in [-0.05, 0) is 48.0 Å². The number of aromatic nitrogens is 2. The van der Waals surface area contributed by atoms with E-state index < -0.39 is 35.3 Å². The van der Waals surface area contributed by atoms with Crippen LogP contribution in [0.25, 0.3) is 0 Å². The Morgan fingerprint density at radius 2 is 1.69 bits per heavy atom. The lowest BCUT2D eigenvalue weighted by molar-refractivity contribution is -0.135. The van der Waals surface area contributed by atoms with E-state index in [-0.39, 0.29) is 11.5 Å². The van der Waals surface area contributed by atoms with Crippen molar-refractivity contribution in [2.75, 3.05) is 4.90 Å². The number of Topliss-reactive ketones (excluding diaryl/α,β-unsaturated/α-hetero) is 2. The number of amides is 1. The molecule has 3 aromatic rings. The number of ketones is 2. The van der Waals surface area contributed by atoms with Crippen LogP contribution in [0.3, 0.4) is 0 Å². The predicted molar refractivity (Wildman–Crippen MR) is 103 cm³/mol. The molecule has 0 radical (unpaired) electrons. The van der Waals surface area contributed by atoms with Gasteiger partial charge in [0.05, 0.1) is 6.04 Å². The topological polar surface area (TPSA) is 80.2 Å². The molecule has 1 amide bonds. The van der Waals surface area contributed by atoms with Crippen LogP contribution in [-0.2, 0) is 9.59 Å². The van der Waals surface area contributed by atoms with Gasteiger partial charge in [-0.1, -0.05) is 23.7 Å². The summed E-state index contributed by atoms with van der Waals surface area (Å²) < 4.78 is 13.3. The van der Waals surface area contributed by atoms with Crippen LogP contribution in [0.15, 0.2) is 67.0 Å². The second-order valence-electron chi connectivity index (χ2n) is 6.44. The molecule has 4 rings (SSSR count). The number of halogens is 2. The van der Waals surface area contributed by atoms with E-state index >= 15 is 0 Å². The summed E-state index contributed by atoms with van der Waals surface area (Å²) in [6.07, 6.45) is 2.87. The minimum atomic E-state index is -1.34. The zero-order chi connectivity index (χ0) is 20.5. The Kier molecular flexibility index (Phi) is 4.90. The Bertz CT molecular complexity index is 1110. The molecule has 2 heterocycles. The number of carbonyl (C=O) groups excluding carboxylic acids is 3. The van der Waals surface area contributed by atoms with Crippen molar-refractivity contribution in [3.63, 3.8) is 0 Å². The van der Waals surface area contributed by atoms with Crippen LogP contribution in [0, 0.1) is 11.7 Å². The molecule has 1 saturated heterocycles. The van der Waals surface area contributed by atoms with E-state index in [9.17, 15) is 18.8 Å². The molecule has 0 saturated carbocycles. The molecule has 2 unspecified atom stereocenters. The molecule has 0 N–H and O–H groups in total. The molecule has 1 aliphatic heterocycles. The van der Waals surface area contributed by atoms with Crippen molar-refractivity contribution in [3.05, 3.63) is 89.0 Å². The number of hydrogen-bond acceptors (Lipinski definition) is 5. The highest BCUT2D eigenvalue weighted by Gasteiger charge is 2.53. The summed E-state index contributed by atoms with van der Waals surface area (Å²) in [5.41, 5.74) is 0.616. The van der Waals surface area contributed by atoms with Crippen LogP contribution >= 0.6 is 11.6 Å². The van der Waals surface area contributed by atoms with E-state index in [1.54, 1.807) is 30.3 Å². The van der Waals surface area contributed by atoms with Crippen molar-refractivity contribution in [1.29, 1.82) is 0 Å². The molecule has 1 aliphatic rings. The van der Waals surface area contributed by atoms with Crippen LogP contribution in [0.2, 0.25) is 5.02 Å². The maximum atomic E-state index is 13.3. The van der Waals surface area contributed by atoms with E-state index in [1.807, 2.05) is 0 Å². The van der Waals surface area contributed by atoms with E-state index in [4.69, 9.17) is 11.6 Å². The number of rotatable bonds is 4. The first-order valence-corrected chi connectivity index (χ1v) is 9.05. The number of carbonyl (C=O) groups is 3. The molecule has 2 aromatic carbocycles. The Labute approximate surface area is 170 Å². The van der Waals surface area contributed by atoms with Crippen molar-refractivity contribution in [2.24, 2.45) is 5.92 Å². The van der Waals surface area contributed by atoms with Crippen molar-refractivity contribution in [2.45, 2.75) is 6.04 Å². The van der Waals surface area contributed by atoms with Gasteiger partial charge in [-0.2, -0.15) is 0 Å². The highest BCUT2D eigenvalue weighted by atomic mass is 35.5. The molecule has 0 bridgehead atoms. The number of anilines is 1. The lowest BCUT2D eigenvalue weighted by Crippen LogP contribution is -2.32. The van der Waals surface area contributed by atoms with Crippen LogP contribution in [-0.4, -0.2) is 27.4 Å². The average Bonchev–Trinajstić information content (AvgIpc) is 2.99. The zero-order valence-electron chi connectivity index (χ0n) is 14.8. The molecule has 8 heteroatoms. The third-order valence-electron chi connectivity index (χ3n) is 4.67. The molecule has 6 nitrogen and oxygen atoms in total. The summed E-state index contributed by atoms with van der Waals surface area (Å²) in [7, 11) is 0. The van der Waals surface area contributed by atoms with E-state index in [1.165, 1.54) is 24.5 Å². The zero-order valence-corrected chi connectivity index (χ0v) is 15.6. The molecule has 1 aromatic heterocycles. The van der Waals surface area contributed by atoms with Gasteiger partial charge in [0.1, 0.15) is 11.7 Å². The summed E-state index contributed by atoms with van der Waals surface area (Å²) in [6, 6.07) is 12.0. The fourth-order valence-corrected chi connectivity index (χ4v) is 3.59. The minimum Gasteiger partial charge on any atom is -0.293 e. The Morgan fingerprint density at radius 3 is 2.34 bits per heavy atom. The summed E-state index contributed by atoms with van der Waals surface area (Å²) in [5, 5.41) is 0.385. The first-order chi connectivity index (χ1) is 14.0. The Morgan fingerprint density at radius 1 is 1.00 bits per heavy atom. The van der Waals surface area contributed by atoms with Crippen molar-refractivity contribution in [1.82, 2.24) is 9.97 Å². The van der Waals surface area contributed by atoms with Crippen molar-refractivity contribution >= 4 is 35.0 Å². The second-order valence-corrected chi connectivity index (χ2v) is 6.87. The lowest BCUT2D eigenvalue weighted by Gasteiger charge is -2.25. The van der Waals surface area contributed by atoms with Gasteiger partial charge in [-0.25, -0.2) is 14.4 Å². The third kappa shape index (κ3) is 3.40. The maximum Gasteiger partial charge on any atom is 0.298 e. The van der Waals surface area contributed by atoms with E-state index in [0.717, 1.165) is 17.0 Å². The van der Waals surface area contributed by atoms with Crippen LogP contribution in [0.5, 0.6) is 0 Å². The SMILES string of the molecule is O=C1C(=O)N(c2ncccn2)C(c2cccc(Cl)c2)C1C(=O)c1ccc(F)cc1. The van der Waals surface area contributed by atoms with E-state index in [2.05, 4.69) is 9.97 Å². The van der Waals surface area contributed by atoms with E-state index in [0.29, 0.717) is 10.6 Å². The molecule has 29 heavy (non-hydrogen) atoms. The normalized spacial score (nSPS) is 18.9. The lowest BCUT2D eigenvalue weighted by atomic mass is 9.86. The second kappa shape index (κ2) is 7.52. The monoisotopic (exact) mass is 409 g/mol. The summed E-state index contributed by atoms with van der Waals surface area (Å²) in [5.74, 6) is -4.20. The molecular weight excluding hydrogens is 397 g/mol. The van der Waals surface area contributed by atoms with Gasteiger partial charge in [0, 0.05) is 23.0 Å². The average molecular weight is 410 g/mol. The molecule has 2 atom stereocenters. The standard InChI is InChI=1S/C21H13ClFN3O3/c22-14-4-1-3-13(11-14)17-16(18(27)12-5-7-15(23)8-6-12)19(28)20(29)26(17)21-24-9-2-10-25-21/h1-11,16-17H. The molecular formula is C21H13ClFN3O3. The molecule has 0 aliphatic carbocycles. The predicted octanol–water partition coefficient (Wildman–Crippen LogP) is 3.43. The number of hydrogen-bond donors (Lipinski definition) is 0. The van der Waals surface area contributed by atoms with Gasteiger partial charge < -0.3 is 0 Å². The molecule has 144 valence electrons. The first-order valence-electron chi connectivity index (χ1n) is 8.67. The number of nitrogens with zero attached hydrogens (tertiary/aromatic N) is 3. The van der Waals surface area contributed by atoms with Gasteiger partial charge in [-0.15, -0.1) is 0 Å². The van der Waals surface area contributed by atoms with Gasteiger partial charge in [0.25, 0.3) is 5.91 Å². The minimum absolute atomic E-state index is 0.00484. The van der Waals surface area contributed by atoms with Crippen LogP contribution in [0.4, 0.5) is 10.3 Å². The quantitative estimate of drug-likeness (QED) is 0.374. The molecule has 0 spiro atoms. The van der Waals surface area contributed by atoms with Gasteiger partial charge in [0.2, 0.25) is 11.7 Å². The summed E-state index contributed by atoms with van der Waals surface area (Å²) >= 11 is 6.11. The van der Waals surface area contributed by atoms with Crippen molar-refractivity contribution < 1.29 is 18.8 Å². The van der Waals surface area contributed by atoms with Crippen LogP contribution in [0.1, 0.15) is 22.0 Å².